The summed E-state index contributed by atoms with van der Waals surface area (Å²) in [6, 6.07) is 3.21. The van der Waals surface area contributed by atoms with Crippen LogP contribution in [0.3, 0.4) is 0 Å². The zero-order chi connectivity index (χ0) is 14.2. The molecule has 0 aliphatic carbocycles. The number of Topliss-reactive ketones (excluding diaryl/α,β-unsaturated/α-hetero) is 1. The van der Waals surface area contributed by atoms with Crippen LogP contribution < -0.4 is 0 Å². The van der Waals surface area contributed by atoms with Gasteiger partial charge in [0.1, 0.15) is 16.5 Å². The van der Waals surface area contributed by atoms with Crippen molar-refractivity contribution in [2.45, 2.75) is 18.2 Å². The summed E-state index contributed by atoms with van der Waals surface area (Å²) in [7, 11) is -3.86. The highest BCUT2D eigenvalue weighted by atomic mass is 35.5. The Morgan fingerprint density at radius 2 is 2.11 bits per heavy atom. The predicted octanol–water partition coefficient (Wildman–Crippen LogP) is 2.08. The summed E-state index contributed by atoms with van der Waals surface area (Å²) in [6.07, 6.45) is 0.174. The Bertz CT molecular complexity index is 617. The minimum Gasteiger partial charge on any atom is -0.299 e. The van der Waals surface area contributed by atoms with Crippen LogP contribution in [0.4, 0.5) is 4.39 Å². The smallest absolute Gasteiger partial charge is 0.244 e. The van der Waals surface area contributed by atoms with Crippen molar-refractivity contribution in [2.75, 3.05) is 13.1 Å². The van der Waals surface area contributed by atoms with Crippen molar-refractivity contribution in [3.8, 4) is 0 Å². The highest BCUT2D eigenvalue weighted by molar-refractivity contribution is 7.89. The van der Waals surface area contributed by atoms with Crippen molar-refractivity contribution >= 4 is 27.4 Å². The lowest BCUT2D eigenvalue weighted by molar-refractivity contribution is -0.124. The fourth-order valence-electron chi connectivity index (χ4n) is 2.01. The van der Waals surface area contributed by atoms with E-state index >= 15 is 0 Å². The van der Waals surface area contributed by atoms with Gasteiger partial charge in [0.2, 0.25) is 10.0 Å². The molecule has 104 valence electrons. The number of nitrogens with zero attached hydrogens (tertiary/aromatic N) is 1. The van der Waals surface area contributed by atoms with E-state index in [9.17, 15) is 17.6 Å². The van der Waals surface area contributed by atoms with Crippen molar-refractivity contribution in [1.29, 1.82) is 0 Å². The topological polar surface area (TPSA) is 54.5 Å². The van der Waals surface area contributed by atoms with Crippen LogP contribution in [-0.2, 0) is 14.8 Å². The van der Waals surface area contributed by atoms with Gasteiger partial charge in [-0.25, -0.2) is 12.8 Å². The first-order valence-electron chi connectivity index (χ1n) is 5.80. The van der Waals surface area contributed by atoms with Crippen LogP contribution in [0, 0.1) is 11.7 Å². The normalized spacial score (nSPS) is 21.6. The van der Waals surface area contributed by atoms with Crippen LogP contribution in [0.15, 0.2) is 23.1 Å². The van der Waals surface area contributed by atoms with Gasteiger partial charge in [0.25, 0.3) is 0 Å². The summed E-state index contributed by atoms with van der Waals surface area (Å²) >= 11 is 5.83. The van der Waals surface area contributed by atoms with Gasteiger partial charge >= 0.3 is 0 Å². The third-order valence-electron chi connectivity index (χ3n) is 3.15. The maximum absolute atomic E-state index is 13.2. The van der Waals surface area contributed by atoms with Gasteiger partial charge in [0, 0.05) is 25.4 Å². The van der Waals surface area contributed by atoms with E-state index in [1.807, 2.05) is 0 Å². The summed E-state index contributed by atoms with van der Waals surface area (Å²) in [4.78, 5) is 11.2. The van der Waals surface area contributed by atoms with Crippen molar-refractivity contribution in [1.82, 2.24) is 4.31 Å². The van der Waals surface area contributed by atoms with Crippen LogP contribution in [0.1, 0.15) is 13.3 Å². The Hall–Kier alpha value is -0.980. The molecule has 0 amide bonds. The van der Waals surface area contributed by atoms with Crippen LogP contribution in [0.2, 0.25) is 5.02 Å². The molecule has 0 radical (unpaired) electrons. The second kappa shape index (κ2) is 5.19. The molecule has 4 nitrogen and oxygen atoms in total. The van der Waals surface area contributed by atoms with Gasteiger partial charge in [-0.05, 0) is 18.2 Å². The van der Waals surface area contributed by atoms with Crippen molar-refractivity contribution in [3.05, 3.63) is 29.0 Å². The highest BCUT2D eigenvalue weighted by Gasteiger charge is 2.33. The van der Waals surface area contributed by atoms with Gasteiger partial charge in [-0.1, -0.05) is 18.5 Å². The molecule has 1 aromatic rings. The van der Waals surface area contributed by atoms with Crippen LogP contribution in [0.5, 0.6) is 0 Å². The monoisotopic (exact) mass is 305 g/mol. The maximum Gasteiger partial charge on any atom is 0.244 e. The van der Waals surface area contributed by atoms with E-state index in [0.29, 0.717) is 0 Å². The number of ketones is 1. The minimum absolute atomic E-state index is 0.0223. The molecule has 1 unspecified atom stereocenters. The average Bonchev–Trinajstić information content (AvgIpc) is 2.35. The first-order valence-corrected chi connectivity index (χ1v) is 7.62. The van der Waals surface area contributed by atoms with Crippen LogP contribution in [0.25, 0.3) is 0 Å². The number of piperidine rings is 1. The molecule has 1 aliphatic heterocycles. The Labute approximate surface area is 116 Å². The molecule has 1 saturated heterocycles. The Kier molecular flexibility index (Phi) is 3.94. The second-order valence-electron chi connectivity index (χ2n) is 4.56. The van der Waals surface area contributed by atoms with E-state index in [2.05, 4.69) is 0 Å². The lowest BCUT2D eigenvalue weighted by Crippen LogP contribution is -2.43. The maximum atomic E-state index is 13.2. The largest absolute Gasteiger partial charge is 0.299 e. The number of carbonyl (C=O) groups excluding carboxylic acids is 1. The summed E-state index contributed by atoms with van der Waals surface area (Å²) in [5, 5.41) is -0.0223. The Morgan fingerprint density at radius 1 is 1.42 bits per heavy atom. The number of hydrogen-bond donors (Lipinski definition) is 0. The SMILES string of the molecule is CC1CN(S(=O)(=O)c2cc(F)ccc2Cl)CCC1=O. The lowest BCUT2D eigenvalue weighted by atomic mass is 10.0. The summed E-state index contributed by atoms with van der Waals surface area (Å²) in [6.45, 7) is 1.89. The van der Waals surface area contributed by atoms with Gasteiger partial charge in [-0.2, -0.15) is 4.31 Å². The Balaban J connectivity index is 2.37. The molecule has 1 aliphatic rings. The van der Waals surface area contributed by atoms with Crippen LogP contribution >= 0.6 is 11.6 Å². The first-order chi connectivity index (χ1) is 8.82. The molecule has 1 heterocycles. The highest BCUT2D eigenvalue weighted by Crippen LogP contribution is 2.27. The van der Waals surface area contributed by atoms with Gasteiger partial charge in [0.05, 0.1) is 5.02 Å². The second-order valence-corrected chi connectivity index (χ2v) is 6.87. The number of carbonyl (C=O) groups is 1. The summed E-state index contributed by atoms with van der Waals surface area (Å²) in [5.41, 5.74) is 0. The van der Waals surface area contributed by atoms with Crippen molar-refractivity contribution < 1.29 is 17.6 Å². The summed E-state index contributed by atoms with van der Waals surface area (Å²) < 4.78 is 39.1. The van der Waals surface area contributed by atoms with E-state index in [1.54, 1.807) is 6.92 Å². The standard InChI is InChI=1S/C12H13ClFNO3S/c1-8-7-15(5-4-11(8)16)19(17,18)12-6-9(14)2-3-10(12)13/h2-3,6,8H,4-5,7H2,1H3. The zero-order valence-corrected chi connectivity index (χ0v) is 11.8. The van der Waals surface area contributed by atoms with Crippen LogP contribution in [-0.4, -0.2) is 31.6 Å². The third kappa shape index (κ3) is 2.80. The molecule has 19 heavy (non-hydrogen) atoms. The molecule has 2 rings (SSSR count). The summed E-state index contributed by atoms with van der Waals surface area (Å²) in [5.74, 6) is -0.975. The van der Waals surface area contributed by atoms with Gasteiger partial charge in [-0.15, -0.1) is 0 Å². The third-order valence-corrected chi connectivity index (χ3v) is 5.49. The number of halogens is 2. The van der Waals surface area contributed by atoms with E-state index in [0.717, 1.165) is 12.1 Å². The number of sulfonamides is 1. The number of hydrogen-bond acceptors (Lipinski definition) is 3. The molecule has 0 N–H and O–H groups in total. The molecule has 0 aromatic heterocycles. The molecular formula is C12H13ClFNO3S. The van der Waals surface area contributed by atoms with E-state index in [1.165, 1.54) is 10.4 Å². The van der Waals surface area contributed by atoms with Gasteiger partial charge in [0.15, 0.2) is 0 Å². The van der Waals surface area contributed by atoms with E-state index in [4.69, 9.17) is 11.6 Å². The van der Waals surface area contributed by atoms with Crippen molar-refractivity contribution in [3.63, 3.8) is 0 Å². The molecule has 0 spiro atoms. The zero-order valence-electron chi connectivity index (χ0n) is 10.3. The van der Waals surface area contributed by atoms with E-state index in [-0.39, 0.29) is 41.1 Å². The number of benzene rings is 1. The molecule has 0 bridgehead atoms. The molecule has 1 fully saturated rings. The molecule has 7 heteroatoms. The fraction of sp³-hybridized carbons (Fsp3) is 0.417. The van der Waals surface area contributed by atoms with E-state index < -0.39 is 15.8 Å². The minimum atomic E-state index is -3.86. The predicted molar refractivity (Wildman–Crippen MR) is 69.0 cm³/mol. The van der Waals surface area contributed by atoms with Gasteiger partial charge in [-0.3, -0.25) is 4.79 Å². The molecule has 0 saturated carbocycles. The molecule has 1 aromatic carbocycles. The lowest BCUT2D eigenvalue weighted by Gasteiger charge is -2.29. The molecule has 1 atom stereocenters. The first kappa shape index (κ1) is 14.4. The number of rotatable bonds is 2. The Morgan fingerprint density at radius 3 is 2.74 bits per heavy atom. The quantitative estimate of drug-likeness (QED) is 0.840. The molecular weight excluding hydrogens is 293 g/mol. The van der Waals surface area contributed by atoms with Gasteiger partial charge < -0.3 is 0 Å². The fourth-order valence-corrected chi connectivity index (χ4v) is 4.03. The average molecular weight is 306 g/mol. The van der Waals surface area contributed by atoms with Crippen molar-refractivity contribution in [2.24, 2.45) is 5.92 Å².